The van der Waals surface area contributed by atoms with E-state index in [4.69, 9.17) is 10.6 Å². The van der Waals surface area contributed by atoms with Gasteiger partial charge in [0.25, 0.3) is 0 Å². The number of para-hydroxylation sites is 2. The summed E-state index contributed by atoms with van der Waals surface area (Å²) in [5, 5.41) is 13.2. The van der Waals surface area contributed by atoms with Crippen molar-refractivity contribution in [3.8, 4) is 16.5 Å². The van der Waals surface area contributed by atoms with Gasteiger partial charge in [0.05, 0.1) is 17.2 Å². The van der Waals surface area contributed by atoms with Crippen LogP contribution < -0.4 is 15.9 Å². The van der Waals surface area contributed by atoms with Crippen LogP contribution in [0.15, 0.2) is 77.3 Å². The number of thiophene rings is 1. The minimum absolute atomic E-state index is 0.205. The predicted octanol–water partition coefficient (Wildman–Crippen LogP) is 4.59. The van der Waals surface area contributed by atoms with Gasteiger partial charge in [-0.3, -0.25) is 4.79 Å². The molecule has 0 saturated carbocycles. The number of hydrogen-bond acceptors (Lipinski definition) is 7. The summed E-state index contributed by atoms with van der Waals surface area (Å²) in [6, 6.07) is 20.7. The average molecular weight is 452 g/mol. The summed E-state index contributed by atoms with van der Waals surface area (Å²) in [5.74, 6) is 7.24. The molecule has 1 atom stereocenters. The summed E-state index contributed by atoms with van der Waals surface area (Å²) < 4.78 is 7.06. The van der Waals surface area contributed by atoms with Gasteiger partial charge in [-0.15, -0.1) is 21.5 Å². The molecule has 7 nitrogen and oxygen atoms in total. The second kappa shape index (κ2) is 9.67. The highest BCUT2D eigenvalue weighted by molar-refractivity contribution is 8.00. The molecular weight excluding hydrogens is 430 g/mol. The minimum atomic E-state index is -0.585. The number of carbonyl (C=O) groups excluding carboxylic acids is 1. The Labute approximate surface area is 188 Å². The third-order valence-electron chi connectivity index (χ3n) is 4.41. The molecule has 2 aromatic carbocycles. The third kappa shape index (κ3) is 4.73. The molecular formula is C22H21N5O2S2. The molecule has 31 heavy (non-hydrogen) atoms. The topological polar surface area (TPSA) is 95.1 Å². The molecule has 0 aliphatic carbocycles. The molecule has 9 heteroatoms. The Hall–Kier alpha value is -3.30. The van der Waals surface area contributed by atoms with Gasteiger partial charge >= 0.3 is 0 Å². The number of hydrogen-bond donors (Lipinski definition) is 2. The first-order valence-electron chi connectivity index (χ1n) is 9.66. The molecule has 0 aliphatic heterocycles. The normalized spacial score (nSPS) is 11.8. The fraction of sp³-hybridized carbons (Fsp3) is 0.136. The molecule has 0 aliphatic rings. The van der Waals surface area contributed by atoms with Crippen LogP contribution in [0.5, 0.6) is 5.75 Å². The fourth-order valence-corrected chi connectivity index (χ4v) is 4.65. The van der Waals surface area contributed by atoms with Crippen molar-refractivity contribution in [1.82, 2.24) is 14.9 Å². The van der Waals surface area contributed by atoms with Gasteiger partial charge in [0, 0.05) is 0 Å². The van der Waals surface area contributed by atoms with Crippen LogP contribution >= 0.6 is 23.1 Å². The van der Waals surface area contributed by atoms with Gasteiger partial charge in [0.15, 0.2) is 5.82 Å². The van der Waals surface area contributed by atoms with Crippen molar-refractivity contribution in [2.45, 2.75) is 17.3 Å². The minimum Gasteiger partial charge on any atom is -0.492 e. The van der Waals surface area contributed by atoms with E-state index in [1.165, 1.54) is 27.8 Å². The van der Waals surface area contributed by atoms with Crippen LogP contribution in [0.3, 0.4) is 0 Å². The molecule has 0 fully saturated rings. The lowest BCUT2D eigenvalue weighted by Crippen LogP contribution is -2.21. The molecule has 0 spiro atoms. The zero-order valence-electron chi connectivity index (χ0n) is 16.8. The second-order valence-electron chi connectivity index (χ2n) is 6.48. The monoisotopic (exact) mass is 451 g/mol. The Bertz CT molecular complexity index is 1150. The predicted molar refractivity (Wildman–Crippen MR) is 125 cm³/mol. The van der Waals surface area contributed by atoms with Gasteiger partial charge in [-0.25, -0.2) is 4.68 Å². The van der Waals surface area contributed by atoms with Gasteiger partial charge in [-0.2, -0.15) is 0 Å². The average Bonchev–Trinajstić information content (AvgIpc) is 3.44. The van der Waals surface area contributed by atoms with Crippen molar-refractivity contribution < 1.29 is 9.53 Å². The number of rotatable bonds is 8. The van der Waals surface area contributed by atoms with Crippen molar-refractivity contribution in [3.63, 3.8) is 0 Å². The van der Waals surface area contributed by atoms with Crippen LogP contribution in [0.2, 0.25) is 0 Å². The number of nitrogen functional groups attached to an aromatic ring is 1. The summed E-state index contributed by atoms with van der Waals surface area (Å²) in [5.41, 5.74) is 1.45. The first-order chi connectivity index (χ1) is 15.2. The molecule has 0 saturated heterocycles. The maximum Gasteiger partial charge on any atom is 0.242 e. The standard InChI is InChI=1S/C22H21N5O2S2/c1-2-29-17-12-7-6-11-16(17)24-21(28)19(15-9-4-3-5-10-15)31-22-26-25-20(27(22)23)18-13-8-14-30-18/h3-14,19H,2,23H2,1H3,(H,24,28). The summed E-state index contributed by atoms with van der Waals surface area (Å²) in [4.78, 5) is 14.2. The van der Waals surface area contributed by atoms with E-state index in [1.807, 2.05) is 79.0 Å². The van der Waals surface area contributed by atoms with E-state index < -0.39 is 5.25 Å². The quantitative estimate of drug-likeness (QED) is 0.300. The Morgan fingerprint density at radius 2 is 1.90 bits per heavy atom. The van der Waals surface area contributed by atoms with Crippen molar-refractivity contribution >= 4 is 34.7 Å². The maximum atomic E-state index is 13.3. The highest BCUT2D eigenvalue weighted by Gasteiger charge is 2.26. The number of aromatic nitrogens is 3. The highest BCUT2D eigenvalue weighted by Crippen LogP contribution is 2.37. The number of nitrogens with one attached hydrogen (secondary N) is 1. The van der Waals surface area contributed by atoms with Gasteiger partial charge in [-0.05, 0) is 36.1 Å². The summed E-state index contributed by atoms with van der Waals surface area (Å²) in [6.45, 7) is 2.41. The van der Waals surface area contributed by atoms with E-state index >= 15 is 0 Å². The fourth-order valence-electron chi connectivity index (χ4n) is 2.99. The number of amides is 1. The van der Waals surface area contributed by atoms with Crippen LogP contribution in [-0.4, -0.2) is 27.4 Å². The lowest BCUT2D eigenvalue weighted by atomic mass is 10.1. The Morgan fingerprint density at radius 3 is 2.65 bits per heavy atom. The number of ether oxygens (including phenoxy) is 1. The molecule has 3 N–H and O–H groups in total. The van der Waals surface area contributed by atoms with Crippen molar-refractivity contribution in [2.24, 2.45) is 0 Å². The molecule has 2 aromatic heterocycles. The van der Waals surface area contributed by atoms with Crippen LogP contribution in [0.25, 0.3) is 10.7 Å². The number of anilines is 1. The van der Waals surface area contributed by atoms with Gasteiger partial charge in [0.1, 0.15) is 11.0 Å². The lowest BCUT2D eigenvalue weighted by molar-refractivity contribution is -0.115. The van der Waals surface area contributed by atoms with E-state index in [9.17, 15) is 4.79 Å². The van der Waals surface area contributed by atoms with E-state index in [2.05, 4.69) is 15.5 Å². The molecule has 1 amide bonds. The molecule has 4 aromatic rings. The number of thioether (sulfide) groups is 1. The zero-order valence-corrected chi connectivity index (χ0v) is 18.4. The molecule has 0 radical (unpaired) electrons. The summed E-state index contributed by atoms with van der Waals surface area (Å²) in [7, 11) is 0. The molecule has 158 valence electrons. The van der Waals surface area contributed by atoms with E-state index in [0.29, 0.717) is 29.0 Å². The molecule has 1 unspecified atom stereocenters. The summed E-state index contributed by atoms with van der Waals surface area (Å²) in [6.07, 6.45) is 0. The Kier molecular flexibility index (Phi) is 6.54. The number of carbonyl (C=O) groups is 1. The molecule has 4 rings (SSSR count). The van der Waals surface area contributed by atoms with Crippen LogP contribution in [0.1, 0.15) is 17.7 Å². The van der Waals surface area contributed by atoms with E-state index in [-0.39, 0.29) is 5.91 Å². The van der Waals surface area contributed by atoms with Gasteiger partial charge in [0.2, 0.25) is 11.1 Å². The van der Waals surface area contributed by atoms with Gasteiger partial charge < -0.3 is 15.9 Å². The first-order valence-corrected chi connectivity index (χ1v) is 11.4. The molecule has 2 heterocycles. The number of nitrogens with two attached hydrogens (primary N) is 1. The second-order valence-corrected chi connectivity index (χ2v) is 8.50. The van der Waals surface area contributed by atoms with Gasteiger partial charge in [-0.1, -0.05) is 60.3 Å². The van der Waals surface area contributed by atoms with Crippen LogP contribution in [-0.2, 0) is 4.79 Å². The molecule has 0 bridgehead atoms. The van der Waals surface area contributed by atoms with Crippen molar-refractivity contribution in [3.05, 3.63) is 77.7 Å². The SMILES string of the molecule is CCOc1ccccc1NC(=O)C(Sc1nnc(-c2cccs2)n1N)c1ccccc1. The Morgan fingerprint density at radius 1 is 1.13 bits per heavy atom. The first kappa shape index (κ1) is 21.0. The van der Waals surface area contributed by atoms with Crippen LogP contribution in [0.4, 0.5) is 5.69 Å². The maximum absolute atomic E-state index is 13.3. The van der Waals surface area contributed by atoms with E-state index in [0.717, 1.165) is 10.4 Å². The highest BCUT2D eigenvalue weighted by atomic mass is 32.2. The Balaban J connectivity index is 1.63. The zero-order chi connectivity index (χ0) is 21.6. The van der Waals surface area contributed by atoms with E-state index in [1.54, 1.807) is 0 Å². The number of nitrogens with zero attached hydrogens (tertiary/aromatic N) is 3. The number of benzene rings is 2. The van der Waals surface area contributed by atoms with Crippen molar-refractivity contribution in [2.75, 3.05) is 17.8 Å². The van der Waals surface area contributed by atoms with Crippen molar-refractivity contribution in [1.29, 1.82) is 0 Å². The largest absolute Gasteiger partial charge is 0.492 e. The smallest absolute Gasteiger partial charge is 0.242 e. The third-order valence-corrected chi connectivity index (χ3v) is 6.49. The summed E-state index contributed by atoms with van der Waals surface area (Å²) >= 11 is 2.78. The van der Waals surface area contributed by atoms with Crippen LogP contribution in [0, 0.1) is 0 Å². The lowest BCUT2D eigenvalue weighted by Gasteiger charge is -2.18.